The average Bonchev–Trinajstić information content (AvgIpc) is 2.74. The van der Waals surface area contributed by atoms with E-state index in [2.05, 4.69) is 24.8 Å². The van der Waals surface area contributed by atoms with E-state index in [1.54, 1.807) is 12.4 Å². The summed E-state index contributed by atoms with van der Waals surface area (Å²) in [5.74, 6) is 1.83. The molecule has 2 aromatic heterocycles. The number of anilines is 3. The van der Waals surface area contributed by atoms with Gasteiger partial charge in [-0.25, -0.2) is 9.97 Å². The molecule has 0 aliphatic carbocycles. The van der Waals surface area contributed by atoms with E-state index in [-0.39, 0.29) is 0 Å². The van der Waals surface area contributed by atoms with Crippen LogP contribution in [0.4, 0.5) is 30.5 Å². The summed E-state index contributed by atoms with van der Waals surface area (Å²) in [4.78, 5) is 18.7. The van der Waals surface area contributed by atoms with Crippen molar-refractivity contribution in [3.63, 3.8) is 0 Å². The molecule has 4 rings (SSSR count). The zero-order valence-corrected chi connectivity index (χ0v) is 15.6. The first-order valence-electron chi connectivity index (χ1n) is 9.61. The van der Waals surface area contributed by atoms with E-state index in [9.17, 15) is 13.2 Å². The smallest absolute Gasteiger partial charge is 0.368 e. The zero-order valence-electron chi connectivity index (χ0n) is 15.6. The lowest BCUT2D eigenvalue weighted by Crippen LogP contribution is -2.47. The van der Waals surface area contributed by atoms with Crippen molar-refractivity contribution >= 4 is 17.3 Å². The van der Waals surface area contributed by atoms with Crippen molar-refractivity contribution in [2.45, 2.75) is 25.4 Å². The van der Waals surface area contributed by atoms with Crippen molar-refractivity contribution in [1.29, 1.82) is 0 Å². The first-order chi connectivity index (χ1) is 13.5. The number of hydrogen-bond donors (Lipinski definition) is 0. The number of alkyl halides is 3. The molecule has 2 aromatic rings. The number of hydrogen-bond acceptors (Lipinski definition) is 6. The van der Waals surface area contributed by atoms with E-state index in [0.717, 1.165) is 30.8 Å². The van der Waals surface area contributed by atoms with Crippen molar-refractivity contribution in [2.75, 3.05) is 54.0 Å². The maximum absolute atomic E-state index is 12.9. The average molecular weight is 392 g/mol. The van der Waals surface area contributed by atoms with Crippen molar-refractivity contribution < 1.29 is 13.2 Å². The summed E-state index contributed by atoms with van der Waals surface area (Å²) in [6.45, 7) is 4.69. The Morgan fingerprint density at radius 1 is 0.714 bits per heavy atom. The highest BCUT2D eigenvalue weighted by atomic mass is 19.4. The van der Waals surface area contributed by atoms with E-state index in [1.807, 2.05) is 11.0 Å². The van der Waals surface area contributed by atoms with E-state index >= 15 is 0 Å². The Morgan fingerprint density at radius 2 is 1.32 bits per heavy atom. The van der Waals surface area contributed by atoms with Crippen LogP contribution in [-0.2, 0) is 6.18 Å². The van der Waals surface area contributed by atoms with Crippen LogP contribution in [-0.4, -0.2) is 54.2 Å². The second kappa shape index (κ2) is 7.81. The Morgan fingerprint density at radius 3 is 1.96 bits per heavy atom. The van der Waals surface area contributed by atoms with Crippen molar-refractivity contribution in [3.05, 3.63) is 36.4 Å². The molecule has 6 nitrogen and oxygen atoms in total. The Labute approximate surface area is 162 Å². The molecule has 0 unspecified atom stereocenters. The molecule has 0 saturated carbocycles. The number of piperidine rings is 1. The molecular formula is C19H23F3N6. The molecular weight excluding hydrogens is 369 g/mol. The Kier molecular flexibility index (Phi) is 5.23. The molecule has 0 radical (unpaired) electrons. The maximum atomic E-state index is 12.9. The highest BCUT2D eigenvalue weighted by Gasteiger charge is 2.33. The molecule has 2 saturated heterocycles. The van der Waals surface area contributed by atoms with Crippen LogP contribution in [0.5, 0.6) is 0 Å². The Bertz CT molecular complexity index is 798. The van der Waals surface area contributed by atoms with Gasteiger partial charge in [0.2, 0.25) is 0 Å². The highest BCUT2D eigenvalue weighted by molar-refractivity contribution is 5.53. The SMILES string of the molecule is FC(F)(F)c1cc(N2CCN(c3cc(N4CCCCC4)ncn3)CC2)ccn1. The lowest BCUT2D eigenvalue weighted by Gasteiger charge is -2.37. The summed E-state index contributed by atoms with van der Waals surface area (Å²) < 4.78 is 38.7. The Hall–Kier alpha value is -2.58. The number of aromatic nitrogens is 3. The van der Waals surface area contributed by atoms with Gasteiger partial charge in [-0.15, -0.1) is 0 Å². The summed E-state index contributed by atoms with van der Waals surface area (Å²) in [6, 6.07) is 4.77. The lowest BCUT2D eigenvalue weighted by molar-refractivity contribution is -0.141. The molecule has 0 amide bonds. The standard InChI is InChI=1S/C19H23F3N6/c20-19(21,22)16-12-15(4-5-23-16)26-8-10-28(11-9-26)18-13-17(24-14-25-18)27-6-2-1-3-7-27/h4-5,12-14H,1-3,6-11H2. The largest absolute Gasteiger partial charge is 0.433 e. The van der Waals surface area contributed by atoms with Gasteiger partial charge >= 0.3 is 6.18 Å². The first-order valence-corrected chi connectivity index (χ1v) is 9.61. The molecule has 0 aromatic carbocycles. The second-order valence-corrected chi connectivity index (χ2v) is 7.15. The van der Waals surface area contributed by atoms with E-state index in [4.69, 9.17) is 0 Å². The van der Waals surface area contributed by atoms with Gasteiger partial charge in [0.05, 0.1) is 0 Å². The third-order valence-corrected chi connectivity index (χ3v) is 5.32. The highest BCUT2D eigenvalue weighted by Crippen LogP contribution is 2.30. The summed E-state index contributed by atoms with van der Waals surface area (Å²) >= 11 is 0. The minimum atomic E-state index is -4.43. The molecule has 150 valence electrons. The van der Waals surface area contributed by atoms with Crippen molar-refractivity contribution in [2.24, 2.45) is 0 Å². The molecule has 0 atom stereocenters. The van der Waals surface area contributed by atoms with Crippen LogP contribution in [0.1, 0.15) is 25.0 Å². The third kappa shape index (κ3) is 4.13. The van der Waals surface area contributed by atoms with Crippen LogP contribution in [0.2, 0.25) is 0 Å². The molecule has 4 heterocycles. The minimum absolute atomic E-state index is 0.554. The van der Waals surface area contributed by atoms with Crippen LogP contribution in [0.25, 0.3) is 0 Å². The van der Waals surface area contributed by atoms with Gasteiger partial charge in [-0.05, 0) is 31.4 Å². The maximum Gasteiger partial charge on any atom is 0.433 e. The number of nitrogens with zero attached hydrogens (tertiary/aromatic N) is 6. The van der Waals surface area contributed by atoms with Gasteiger partial charge < -0.3 is 14.7 Å². The predicted octanol–water partition coefficient (Wildman–Crippen LogP) is 3.21. The second-order valence-electron chi connectivity index (χ2n) is 7.15. The monoisotopic (exact) mass is 392 g/mol. The van der Waals surface area contributed by atoms with E-state index < -0.39 is 11.9 Å². The molecule has 2 aliphatic rings. The zero-order chi connectivity index (χ0) is 19.6. The topological polar surface area (TPSA) is 48.4 Å². The summed E-state index contributed by atoms with van der Waals surface area (Å²) in [7, 11) is 0. The van der Waals surface area contributed by atoms with Gasteiger partial charge in [-0.2, -0.15) is 13.2 Å². The molecule has 0 bridgehead atoms. The van der Waals surface area contributed by atoms with Gasteiger partial charge in [0.25, 0.3) is 0 Å². The Balaban J connectivity index is 1.42. The molecule has 0 spiro atoms. The fourth-order valence-electron chi connectivity index (χ4n) is 3.77. The van der Waals surface area contributed by atoms with Gasteiger partial charge in [0, 0.05) is 57.2 Å². The normalized spacial score (nSPS) is 18.5. The summed E-state index contributed by atoms with van der Waals surface area (Å²) in [5.41, 5.74) is -0.298. The molecule has 28 heavy (non-hydrogen) atoms. The van der Waals surface area contributed by atoms with E-state index in [1.165, 1.54) is 25.5 Å². The summed E-state index contributed by atoms with van der Waals surface area (Å²) in [6.07, 6.45) is 2.03. The fourth-order valence-corrected chi connectivity index (χ4v) is 3.77. The van der Waals surface area contributed by atoms with Crippen LogP contribution in [0.15, 0.2) is 30.7 Å². The van der Waals surface area contributed by atoms with Gasteiger partial charge in [-0.1, -0.05) is 0 Å². The van der Waals surface area contributed by atoms with Crippen LogP contribution in [0, 0.1) is 0 Å². The molecule has 2 aliphatic heterocycles. The predicted molar refractivity (Wildman–Crippen MR) is 102 cm³/mol. The van der Waals surface area contributed by atoms with Crippen LogP contribution < -0.4 is 14.7 Å². The number of halogens is 3. The van der Waals surface area contributed by atoms with E-state index in [0.29, 0.717) is 31.9 Å². The fraction of sp³-hybridized carbons (Fsp3) is 0.526. The molecule has 0 N–H and O–H groups in total. The lowest BCUT2D eigenvalue weighted by atomic mass is 10.1. The summed E-state index contributed by atoms with van der Waals surface area (Å²) in [5, 5.41) is 0. The van der Waals surface area contributed by atoms with Crippen molar-refractivity contribution in [1.82, 2.24) is 15.0 Å². The first kappa shape index (κ1) is 18.8. The molecule has 9 heteroatoms. The van der Waals surface area contributed by atoms with Gasteiger partial charge in [-0.3, -0.25) is 4.98 Å². The minimum Gasteiger partial charge on any atom is -0.368 e. The van der Waals surface area contributed by atoms with Gasteiger partial charge in [0.1, 0.15) is 23.7 Å². The third-order valence-electron chi connectivity index (χ3n) is 5.32. The molecule has 2 fully saturated rings. The number of rotatable bonds is 3. The number of piperazine rings is 1. The van der Waals surface area contributed by atoms with Crippen LogP contribution >= 0.6 is 0 Å². The quantitative estimate of drug-likeness (QED) is 0.800. The number of pyridine rings is 1. The van der Waals surface area contributed by atoms with Crippen molar-refractivity contribution in [3.8, 4) is 0 Å². The van der Waals surface area contributed by atoms with Gasteiger partial charge in [0.15, 0.2) is 0 Å². The van der Waals surface area contributed by atoms with Crippen LogP contribution in [0.3, 0.4) is 0 Å².